The summed E-state index contributed by atoms with van der Waals surface area (Å²) in [6, 6.07) is 12.4. The lowest BCUT2D eigenvalue weighted by atomic mass is 10.1. The average Bonchev–Trinajstić information content (AvgIpc) is 3.48. The number of thioether (sulfide) groups is 1. The highest BCUT2D eigenvalue weighted by Gasteiger charge is 2.36. The van der Waals surface area contributed by atoms with Crippen LogP contribution in [0.25, 0.3) is 6.08 Å². The van der Waals surface area contributed by atoms with Crippen molar-refractivity contribution in [3.05, 3.63) is 89.8 Å². The molecule has 1 aliphatic rings. The van der Waals surface area contributed by atoms with Crippen LogP contribution in [0.1, 0.15) is 27.4 Å². The van der Waals surface area contributed by atoms with Crippen molar-refractivity contribution in [3.8, 4) is 11.5 Å². The highest BCUT2D eigenvalue weighted by molar-refractivity contribution is 14.1. The molecule has 0 saturated carbocycles. The number of hydrogen-bond donors (Lipinski definition) is 0. The third-order valence-electron chi connectivity index (χ3n) is 5.32. The van der Waals surface area contributed by atoms with Crippen LogP contribution in [-0.4, -0.2) is 41.2 Å². The number of non-ortho nitro benzene ring substituents is 1. The van der Waals surface area contributed by atoms with Gasteiger partial charge in [0.15, 0.2) is 11.5 Å². The summed E-state index contributed by atoms with van der Waals surface area (Å²) in [4.78, 5) is 48.6. The molecule has 0 bridgehead atoms. The lowest BCUT2D eigenvalue weighted by Crippen LogP contribution is -2.27. The van der Waals surface area contributed by atoms with E-state index in [0.717, 1.165) is 22.2 Å². The van der Waals surface area contributed by atoms with E-state index in [2.05, 4.69) is 27.3 Å². The number of carbonyl (C=O) groups is 3. The molecule has 4 rings (SSSR count). The number of hydrogen-bond acceptors (Lipinski definition) is 10. The zero-order valence-corrected chi connectivity index (χ0v) is 22.9. The van der Waals surface area contributed by atoms with Crippen LogP contribution in [0.2, 0.25) is 0 Å². The number of amides is 2. The van der Waals surface area contributed by atoms with Gasteiger partial charge >= 0.3 is 5.97 Å². The molecule has 2 amide bonds. The molecule has 0 N–H and O–H groups in total. The maximum absolute atomic E-state index is 12.9. The van der Waals surface area contributed by atoms with Crippen molar-refractivity contribution in [2.75, 3.05) is 14.2 Å². The van der Waals surface area contributed by atoms with Crippen molar-refractivity contribution in [3.63, 3.8) is 0 Å². The van der Waals surface area contributed by atoms with Gasteiger partial charge in [0.1, 0.15) is 12.4 Å². The minimum atomic E-state index is -0.658. The summed E-state index contributed by atoms with van der Waals surface area (Å²) in [6.07, 6.45) is 1.58. The molecule has 0 radical (unpaired) electrons. The van der Waals surface area contributed by atoms with E-state index in [4.69, 9.17) is 13.9 Å². The predicted molar refractivity (Wildman–Crippen MR) is 145 cm³/mol. The number of nitro benzene ring substituents is 1. The van der Waals surface area contributed by atoms with Gasteiger partial charge in [0.25, 0.3) is 16.8 Å². The zero-order chi connectivity index (χ0) is 27.4. The Kier molecular flexibility index (Phi) is 8.36. The van der Waals surface area contributed by atoms with Crippen molar-refractivity contribution >= 4 is 63.2 Å². The molecule has 13 heteroatoms. The maximum Gasteiger partial charge on any atom is 0.373 e. The van der Waals surface area contributed by atoms with Gasteiger partial charge in [-0.3, -0.25) is 24.6 Å². The van der Waals surface area contributed by atoms with Crippen molar-refractivity contribution in [2.45, 2.75) is 13.2 Å². The van der Waals surface area contributed by atoms with Gasteiger partial charge < -0.3 is 18.6 Å². The molecule has 1 saturated heterocycles. The molecule has 1 fully saturated rings. The molecular formula is C25H19IN2O9S. The van der Waals surface area contributed by atoms with Gasteiger partial charge in [-0.1, -0.05) is 0 Å². The van der Waals surface area contributed by atoms with Gasteiger partial charge in [0.05, 0.1) is 34.2 Å². The first-order chi connectivity index (χ1) is 18.2. The number of imide groups is 1. The van der Waals surface area contributed by atoms with Crippen LogP contribution < -0.4 is 9.47 Å². The Morgan fingerprint density at radius 1 is 1.16 bits per heavy atom. The Bertz CT molecular complexity index is 1450. The van der Waals surface area contributed by atoms with Crippen molar-refractivity contribution in [1.29, 1.82) is 0 Å². The van der Waals surface area contributed by atoms with Crippen LogP contribution >= 0.6 is 34.4 Å². The zero-order valence-electron chi connectivity index (χ0n) is 20.0. The van der Waals surface area contributed by atoms with E-state index in [9.17, 15) is 24.5 Å². The molecule has 3 aromatic rings. The van der Waals surface area contributed by atoms with Crippen molar-refractivity contribution in [1.82, 2.24) is 4.90 Å². The van der Waals surface area contributed by atoms with Crippen LogP contribution in [0.3, 0.4) is 0 Å². The first-order valence-corrected chi connectivity index (χ1v) is 12.8. The van der Waals surface area contributed by atoms with Gasteiger partial charge in [-0.25, -0.2) is 4.79 Å². The quantitative estimate of drug-likeness (QED) is 0.0973. The minimum Gasteiger partial charge on any atom is -0.493 e. The van der Waals surface area contributed by atoms with E-state index in [1.54, 1.807) is 30.3 Å². The van der Waals surface area contributed by atoms with E-state index in [1.165, 1.54) is 38.5 Å². The Morgan fingerprint density at radius 2 is 1.89 bits per heavy atom. The largest absolute Gasteiger partial charge is 0.493 e. The number of furan rings is 1. The number of benzene rings is 2. The number of nitro groups is 1. The molecule has 0 atom stereocenters. The summed E-state index contributed by atoms with van der Waals surface area (Å²) >= 11 is 2.87. The number of methoxy groups -OCH3 is 2. The number of ether oxygens (including phenoxy) is 3. The number of carbonyl (C=O) groups excluding carboxylic acids is 3. The van der Waals surface area contributed by atoms with E-state index >= 15 is 0 Å². The topological polar surface area (TPSA) is 138 Å². The molecule has 1 aromatic heterocycles. The highest BCUT2D eigenvalue weighted by Crippen LogP contribution is 2.38. The van der Waals surface area contributed by atoms with Crippen molar-refractivity contribution in [2.24, 2.45) is 0 Å². The van der Waals surface area contributed by atoms with Gasteiger partial charge in [-0.15, -0.1) is 0 Å². The van der Waals surface area contributed by atoms with E-state index in [-0.39, 0.29) is 35.3 Å². The molecule has 0 aliphatic carbocycles. The fourth-order valence-corrected chi connectivity index (χ4v) is 5.07. The van der Waals surface area contributed by atoms with Crippen LogP contribution in [0.15, 0.2) is 57.9 Å². The summed E-state index contributed by atoms with van der Waals surface area (Å²) in [5, 5.41) is 10.4. The fraction of sp³-hybridized carbons (Fsp3) is 0.160. The second-order valence-electron chi connectivity index (χ2n) is 7.77. The third-order valence-corrected chi connectivity index (χ3v) is 7.02. The predicted octanol–water partition coefficient (Wildman–Crippen LogP) is 5.40. The SMILES string of the molecule is COC(=O)c1ccc(CN2C(=O)S/C(=C/c3cc(I)c(OCc4ccc([N+](=O)[O-])cc4)c(OC)c3)C2=O)o1. The molecule has 0 spiro atoms. The summed E-state index contributed by atoms with van der Waals surface area (Å²) in [7, 11) is 2.70. The van der Waals surface area contributed by atoms with E-state index in [0.29, 0.717) is 20.6 Å². The standard InChI is InChI=1S/C25H19IN2O9S/c1-34-20-10-15(9-18(26)22(20)36-13-14-3-5-16(6-4-14)28(32)33)11-21-23(29)27(25(31)38-21)12-17-7-8-19(37-17)24(30)35-2/h3-11H,12-13H2,1-2H3/b21-11+. The lowest BCUT2D eigenvalue weighted by molar-refractivity contribution is -0.384. The monoisotopic (exact) mass is 650 g/mol. The van der Waals surface area contributed by atoms with Crippen LogP contribution in [0, 0.1) is 13.7 Å². The summed E-state index contributed by atoms with van der Waals surface area (Å²) in [6.45, 7) is 0.0301. The maximum atomic E-state index is 12.9. The average molecular weight is 650 g/mol. The van der Waals surface area contributed by atoms with Crippen LogP contribution in [0.5, 0.6) is 11.5 Å². The summed E-state index contributed by atoms with van der Waals surface area (Å²) < 4.78 is 22.1. The summed E-state index contributed by atoms with van der Waals surface area (Å²) in [5.74, 6) is -0.0362. The molecule has 11 nitrogen and oxygen atoms in total. The fourth-order valence-electron chi connectivity index (χ4n) is 3.45. The highest BCUT2D eigenvalue weighted by atomic mass is 127. The molecule has 196 valence electrons. The first-order valence-electron chi connectivity index (χ1n) is 10.9. The molecule has 0 unspecified atom stereocenters. The van der Waals surface area contributed by atoms with E-state index < -0.39 is 22.0 Å². The van der Waals surface area contributed by atoms with Gasteiger partial charge in [-0.2, -0.15) is 0 Å². The van der Waals surface area contributed by atoms with E-state index in [1.807, 2.05) is 0 Å². The lowest BCUT2D eigenvalue weighted by Gasteiger charge is -2.14. The molecule has 38 heavy (non-hydrogen) atoms. The Morgan fingerprint density at radius 3 is 2.55 bits per heavy atom. The van der Waals surface area contributed by atoms with Crippen LogP contribution in [0.4, 0.5) is 10.5 Å². The smallest absolute Gasteiger partial charge is 0.373 e. The number of rotatable bonds is 9. The number of esters is 1. The van der Waals surface area contributed by atoms with Gasteiger partial charge in [0.2, 0.25) is 5.76 Å². The normalized spacial score (nSPS) is 14.2. The third kappa shape index (κ3) is 5.99. The number of nitrogens with zero attached hydrogens (tertiary/aromatic N) is 2. The second-order valence-corrected chi connectivity index (χ2v) is 9.93. The molecular weight excluding hydrogens is 631 g/mol. The van der Waals surface area contributed by atoms with Gasteiger partial charge in [-0.05, 0) is 88.0 Å². The summed E-state index contributed by atoms with van der Waals surface area (Å²) in [5.41, 5.74) is 1.34. The minimum absolute atomic E-state index is 0.00946. The van der Waals surface area contributed by atoms with Crippen LogP contribution in [-0.2, 0) is 22.7 Å². The molecule has 1 aliphatic heterocycles. The van der Waals surface area contributed by atoms with Gasteiger partial charge in [0, 0.05) is 12.1 Å². The molecule has 2 heterocycles. The Labute approximate surface area is 234 Å². The Balaban J connectivity index is 1.49. The van der Waals surface area contributed by atoms with Crippen molar-refractivity contribution < 1.29 is 37.9 Å². The number of halogens is 1. The molecule has 2 aromatic carbocycles. The Hall–Kier alpha value is -3.85. The second kappa shape index (κ2) is 11.7. The first kappa shape index (κ1) is 27.2.